The van der Waals surface area contributed by atoms with Crippen molar-refractivity contribution >= 4 is 11.9 Å². The van der Waals surface area contributed by atoms with E-state index in [0.717, 1.165) is 19.3 Å². The number of hydrogen-bond acceptors (Lipinski definition) is 2. The summed E-state index contributed by atoms with van der Waals surface area (Å²) < 4.78 is 0. The number of unbranched alkanes of at least 4 members (excludes halogenated alkanes) is 2. The molecule has 0 spiro atoms. The van der Waals surface area contributed by atoms with Crippen LogP contribution in [0.15, 0.2) is 0 Å². The van der Waals surface area contributed by atoms with E-state index in [1.165, 1.54) is 0 Å². The second-order valence-corrected chi connectivity index (χ2v) is 2.36. The van der Waals surface area contributed by atoms with Crippen molar-refractivity contribution < 1.29 is 14.7 Å². The fourth-order valence-electron chi connectivity index (χ4n) is 0.526. The fraction of sp³-hybridized carbons (Fsp3) is 0.556. The Labute approximate surface area is 78.1 Å². The Balaban J connectivity index is 0. The van der Waals surface area contributed by atoms with E-state index in [1.807, 2.05) is 0 Å². The Kier molecular flexibility index (Phi) is 11.3. The van der Waals surface area contributed by atoms with Crippen LogP contribution < -0.4 is 5.73 Å². The minimum atomic E-state index is -0.718. The third-order valence-electron chi connectivity index (χ3n) is 1.14. The van der Waals surface area contributed by atoms with E-state index < -0.39 is 11.9 Å². The number of aliphatic carboxylic acids is 1. The summed E-state index contributed by atoms with van der Waals surface area (Å²) in [7, 11) is 0. The van der Waals surface area contributed by atoms with Crippen LogP contribution in [0.1, 0.15) is 32.6 Å². The van der Waals surface area contributed by atoms with Crippen LogP contribution in [0.3, 0.4) is 0 Å². The second kappa shape index (κ2) is 10.5. The summed E-state index contributed by atoms with van der Waals surface area (Å²) in [6, 6.07) is 0. The van der Waals surface area contributed by atoms with Gasteiger partial charge in [0.25, 0.3) is 5.91 Å². The summed E-state index contributed by atoms with van der Waals surface area (Å²) in [5, 5.41) is 8.14. The van der Waals surface area contributed by atoms with Gasteiger partial charge in [-0.3, -0.25) is 9.59 Å². The van der Waals surface area contributed by atoms with Gasteiger partial charge in [0.05, 0.1) is 0 Å². The first-order valence-electron chi connectivity index (χ1n) is 4.02. The molecule has 1 amide bonds. The maximum atomic E-state index is 9.87. The largest absolute Gasteiger partial charge is 0.481 e. The molecule has 0 rings (SSSR count). The van der Waals surface area contributed by atoms with Gasteiger partial charge in [0.2, 0.25) is 0 Å². The number of carboxylic acid groups (broad SMARTS) is 1. The Morgan fingerprint density at radius 1 is 1.46 bits per heavy atom. The number of rotatable bonds is 4. The first-order valence-corrected chi connectivity index (χ1v) is 4.02. The van der Waals surface area contributed by atoms with Crippen LogP contribution in [0, 0.1) is 12.3 Å². The van der Waals surface area contributed by atoms with Crippen LogP contribution in [0.2, 0.25) is 0 Å². The van der Waals surface area contributed by atoms with Crippen molar-refractivity contribution in [1.29, 1.82) is 0 Å². The van der Waals surface area contributed by atoms with Crippen molar-refractivity contribution in [2.45, 2.75) is 32.6 Å². The zero-order valence-electron chi connectivity index (χ0n) is 7.75. The van der Waals surface area contributed by atoms with Crippen LogP contribution >= 0.6 is 0 Å². The lowest BCUT2D eigenvalue weighted by Crippen LogP contribution is -2.05. The topological polar surface area (TPSA) is 80.4 Å². The van der Waals surface area contributed by atoms with Gasteiger partial charge in [-0.05, 0) is 12.3 Å². The molecule has 0 aromatic heterocycles. The first-order chi connectivity index (χ1) is 6.04. The molecule has 0 heterocycles. The fourth-order valence-corrected chi connectivity index (χ4v) is 0.526. The van der Waals surface area contributed by atoms with Crippen molar-refractivity contribution in [1.82, 2.24) is 0 Å². The van der Waals surface area contributed by atoms with Gasteiger partial charge < -0.3 is 10.8 Å². The third-order valence-corrected chi connectivity index (χ3v) is 1.14. The molecule has 0 saturated heterocycles. The lowest BCUT2D eigenvalue weighted by Gasteiger charge is -1.89. The maximum absolute atomic E-state index is 9.87. The summed E-state index contributed by atoms with van der Waals surface area (Å²) in [5.41, 5.74) is 4.42. The number of carbonyl (C=O) groups is 2. The zero-order chi connectivity index (χ0) is 10.7. The molecule has 0 bridgehead atoms. The molecule has 4 nitrogen and oxygen atoms in total. The van der Waals surface area contributed by atoms with E-state index in [0.29, 0.717) is 6.42 Å². The normalized spacial score (nSPS) is 7.69. The Bertz CT molecular complexity index is 194. The molecular formula is C9H15NO3. The van der Waals surface area contributed by atoms with Gasteiger partial charge in [-0.15, -0.1) is 6.42 Å². The van der Waals surface area contributed by atoms with Crippen LogP contribution in [-0.2, 0) is 9.59 Å². The molecule has 0 radical (unpaired) electrons. The average molecular weight is 185 g/mol. The van der Waals surface area contributed by atoms with E-state index >= 15 is 0 Å². The zero-order valence-corrected chi connectivity index (χ0v) is 7.75. The predicted molar refractivity (Wildman–Crippen MR) is 49.8 cm³/mol. The van der Waals surface area contributed by atoms with Gasteiger partial charge in [-0.2, -0.15) is 0 Å². The van der Waals surface area contributed by atoms with E-state index in [9.17, 15) is 9.59 Å². The standard InChI is InChI=1S/C6H12O2.C3H3NO/c1-2-3-4-5-6(7)8;1-2-3(4)5/h2-5H2,1H3,(H,7,8);1H,(H2,4,5). The Morgan fingerprint density at radius 3 is 2.15 bits per heavy atom. The van der Waals surface area contributed by atoms with Gasteiger partial charge in [-0.25, -0.2) is 0 Å². The summed E-state index contributed by atoms with van der Waals surface area (Å²) in [6.45, 7) is 2.06. The third kappa shape index (κ3) is 25.1. The highest BCUT2D eigenvalue weighted by Gasteiger charge is 1.92. The summed E-state index contributed by atoms with van der Waals surface area (Å²) in [6.07, 6.45) is 7.72. The van der Waals surface area contributed by atoms with Gasteiger partial charge in [0, 0.05) is 6.42 Å². The van der Waals surface area contributed by atoms with Gasteiger partial charge >= 0.3 is 5.97 Å². The molecule has 0 aromatic rings. The number of amides is 1. The SMILES string of the molecule is C#CC(N)=O.CCCCCC(=O)O. The maximum Gasteiger partial charge on any atom is 0.303 e. The molecule has 4 heteroatoms. The van der Waals surface area contributed by atoms with Crippen LogP contribution in [0.25, 0.3) is 0 Å². The number of carboxylic acids is 1. The van der Waals surface area contributed by atoms with Gasteiger partial charge in [0.1, 0.15) is 0 Å². The van der Waals surface area contributed by atoms with Crippen LogP contribution in [-0.4, -0.2) is 17.0 Å². The summed E-state index contributed by atoms with van der Waals surface area (Å²) in [5.74, 6) is 0.267. The van der Waals surface area contributed by atoms with Crippen molar-refractivity contribution in [2.75, 3.05) is 0 Å². The smallest absolute Gasteiger partial charge is 0.303 e. The van der Waals surface area contributed by atoms with E-state index in [4.69, 9.17) is 5.11 Å². The summed E-state index contributed by atoms with van der Waals surface area (Å²) >= 11 is 0. The lowest BCUT2D eigenvalue weighted by molar-refractivity contribution is -0.137. The quantitative estimate of drug-likeness (QED) is 0.501. The number of primary amides is 1. The predicted octanol–water partition coefficient (Wildman–Crippen LogP) is 0.756. The molecule has 0 aliphatic carbocycles. The highest BCUT2D eigenvalue weighted by Crippen LogP contribution is 1.97. The van der Waals surface area contributed by atoms with Gasteiger partial charge in [0.15, 0.2) is 0 Å². The number of terminal acetylenes is 1. The minimum absolute atomic E-state index is 0.327. The molecular weight excluding hydrogens is 170 g/mol. The van der Waals surface area contributed by atoms with Crippen molar-refractivity contribution in [3.05, 3.63) is 0 Å². The average Bonchev–Trinajstić information content (AvgIpc) is 2.05. The molecule has 3 N–H and O–H groups in total. The van der Waals surface area contributed by atoms with Crippen LogP contribution in [0.4, 0.5) is 0 Å². The van der Waals surface area contributed by atoms with Crippen molar-refractivity contribution in [3.8, 4) is 12.3 Å². The highest BCUT2D eigenvalue weighted by molar-refractivity contribution is 5.91. The first kappa shape index (κ1) is 14.0. The Morgan fingerprint density at radius 2 is 1.92 bits per heavy atom. The van der Waals surface area contributed by atoms with E-state index in [2.05, 4.69) is 19.1 Å². The lowest BCUT2D eigenvalue weighted by atomic mass is 10.2. The second-order valence-electron chi connectivity index (χ2n) is 2.36. The number of carbonyl (C=O) groups excluding carboxylic acids is 1. The number of hydrogen-bond donors (Lipinski definition) is 2. The molecule has 0 aliphatic heterocycles. The molecule has 0 atom stereocenters. The molecule has 0 saturated carbocycles. The molecule has 0 unspecified atom stereocenters. The van der Waals surface area contributed by atoms with E-state index in [-0.39, 0.29) is 0 Å². The van der Waals surface area contributed by atoms with E-state index in [1.54, 1.807) is 5.92 Å². The molecule has 0 aliphatic rings. The highest BCUT2D eigenvalue weighted by atomic mass is 16.4. The van der Waals surface area contributed by atoms with Gasteiger partial charge in [-0.1, -0.05) is 19.8 Å². The molecule has 0 aromatic carbocycles. The number of nitrogens with two attached hydrogens (primary N) is 1. The monoisotopic (exact) mass is 185 g/mol. The Hall–Kier alpha value is -1.50. The molecule has 13 heavy (non-hydrogen) atoms. The summed E-state index contributed by atoms with van der Waals surface area (Å²) in [4.78, 5) is 19.2. The van der Waals surface area contributed by atoms with Crippen molar-refractivity contribution in [3.63, 3.8) is 0 Å². The molecule has 0 fully saturated rings. The molecule has 74 valence electrons. The van der Waals surface area contributed by atoms with Crippen molar-refractivity contribution in [2.24, 2.45) is 5.73 Å². The van der Waals surface area contributed by atoms with Crippen LogP contribution in [0.5, 0.6) is 0 Å². The minimum Gasteiger partial charge on any atom is -0.481 e.